The van der Waals surface area contributed by atoms with Gasteiger partial charge in [0.2, 0.25) is 0 Å². The van der Waals surface area contributed by atoms with Gasteiger partial charge < -0.3 is 9.32 Å². The third-order valence-electron chi connectivity index (χ3n) is 13.3. The van der Waals surface area contributed by atoms with Gasteiger partial charge >= 0.3 is 0 Å². The van der Waals surface area contributed by atoms with Gasteiger partial charge in [0.15, 0.2) is 0 Å². The highest BCUT2D eigenvalue weighted by Gasteiger charge is 2.24. The van der Waals surface area contributed by atoms with Gasteiger partial charge in [0.25, 0.3) is 0 Å². The monoisotopic (exact) mass is 813 g/mol. The number of furan rings is 1. The molecule has 64 heavy (non-hydrogen) atoms. The molecule has 0 spiro atoms. The summed E-state index contributed by atoms with van der Waals surface area (Å²) in [5, 5.41) is 14.5. The highest BCUT2D eigenvalue weighted by molar-refractivity contribution is 6.20. The van der Waals surface area contributed by atoms with Crippen LogP contribution in [-0.2, 0) is 0 Å². The van der Waals surface area contributed by atoms with E-state index >= 15 is 0 Å². The van der Waals surface area contributed by atoms with Crippen molar-refractivity contribution >= 4 is 92.9 Å². The zero-order valence-electron chi connectivity index (χ0n) is 34.9. The Morgan fingerprint density at radius 1 is 0.266 bits per heavy atom. The molecule has 2 nitrogen and oxygen atoms in total. The molecule has 0 aliphatic rings. The van der Waals surface area contributed by atoms with Gasteiger partial charge in [-0.25, -0.2) is 0 Å². The van der Waals surface area contributed by atoms with E-state index in [2.05, 4.69) is 241 Å². The lowest BCUT2D eigenvalue weighted by atomic mass is 9.92. The molecule has 1 aromatic heterocycles. The first kappa shape index (κ1) is 36.2. The van der Waals surface area contributed by atoms with E-state index in [4.69, 9.17) is 4.42 Å². The van der Waals surface area contributed by atoms with Gasteiger partial charge in [-0.05, 0) is 107 Å². The number of anilines is 3. The van der Waals surface area contributed by atoms with Crippen LogP contribution >= 0.6 is 0 Å². The third kappa shape index (κ3) is 5.66. The van der Waals surface area contributed by atoms with Crippen LogP contribution in [0.3, 0.4) is 0 Å². The summed E-state index contributed by atoms with van der Waals surface area (Å²) >= 11 is 0. The van der Waals surface area contributed by atoms with E-state index < -0.39 is 0 Å². The number of fused-ring (bicyclic) bond motifs is 11. The molecule has 0 aliphatic heterocycles. The van der Waals surface area contributed by atoms with Crippen LogP contribution in [0.2, 0.25) is 0 Å². The fourth-order valence-corrected chi connectivity index (χ4v) is 10.3. The SMILES string of the molecule is c1ccc(N(c2ccc(-c3cccc4c3ccc3ccccc34)cc2)c2ccccc2-c2cccc3oc4c5ccccc5ccc4c23)c(-c2cccc3c2ccc2ccccc23)c1. The standard InChI is InChI=1S/C62H39NO/c1-4-17-45-40(14-1)32-37-52-47(22-11-23-49(45)52)43-30-35-44(36-31-43)63(58-27-9-7-20-54(58)51-25-12-24-50-46-18-5-2-15-41(46)33-38-53(50)51)59-28-10-8-21-55(59)56-26-13-29-60-61(56)57-39-34-42-16-3-6-19-48(42)62(57)64-60/h1-39H. The minimum atomic E-state index is 0.876. The molecule has 0 bridgehead atoms. The van der Waals surface area contributed by atoms with Gasteiger partial charge in [0, 0.05) is 33.0 Å². The van der Waals surface area contributed by atoms with Crippen LogP contribution in [0.1, 0.15) is 0 Å². The van der Waals surface area contributed by atoms with Crippen LogP contribution < -0.4 is 4.90 Å². The molecule has 0 amide bonds. The largest absolute Gasteiger partial charge is 0.455 e. The zero-order valence-corrected chi connectivity index (χ0v) is 34.9. The van der Waals surface area contributed by atoms with E-state index in [-0.39, 0.29) is 0 Å². The summed E-state index contributed by atoms with van der Waals surface area (Å²) in [5.41, 5.74) is 12.0. The molecule has 2 heteroatoms. The molecule has 0 unspecified atom stereocenters. The topological polar surface area (TPSA) is 16.4 Å². The predicted molar refractivity (Wildman–Crippen MR) is 272 cm³/mol. The Morgan fingerprint density at radius 2 is 0.719 bits per heavy atom. The number of rotatable bonds is 6. The highest BCUT2D eigenvalue weighted by atomic mass is 16.3. The van der Waals surface area contributed by atoms with Crippen molar-refractivity contribution in [1.82, 2.24) is 0 Å². The molecular formula is C62H39NO. The first-order valence-electron chi connectivity index (χ1n) is 22.0. The molecule has 13 aromatic rings. The summed E-state index contributed by atoms with van der Waals surface area (Å²) in [4.78, 5) is 2.46. The number of hydrogen-bond donors (Lipinski definition) is 0. The highest BCUT2D eigenvalue weighted by Crippen LogP contribution is 2.49. The van der Waals surface area contributed by atoms with Crippen molar-refractivity contribution in [2.24, 2.45) is 0 Å². The van der Waals surface area contributed by atoms with E-state index in [1.165, 1.54) is 65.2 Å². The third-order valence-corrected chi connectivity index (χ3v) is 13.3. The summed E-state index contributed by atoms with van der Waals surface area (Å²) < 4.78 is 6.74. The maximum Gasteiger partial charge on any atom is 0.143 e. The smallest absolute Gasteiger partial charge is 0.143 e. The summed E-state index contributed by atoms with van der Waals surface area (Å²) in [5.74, 6) is 0. The lowest BCUT2D eigenvalue weighted by Gasteiger charge is -2.30. The molecule has 12 aromatic carbocycles. The molecule has 0 saturated carbocycles. The van der Waals surface area contributed by atoms with Crippen molar-refractivity contribution in [3.63, 3.8) is 0 Å². The molecule has 0 aliphatic carbocycles. The Morgan fingerprint density at radius 3 is 1.38 bits per heavy atom. The fourth-order valence-electron chi connectivity index (χ4n) is 10.3. The molecule has 0 atom stereocenters. The van der Waals surface area contributed by atoms with Crippen LogP contribution in [0.5, 0.6) is 0 Å². The quantitative estimate of drug-likeness (QED) is 0.156. The lowest BCUT2D eigenvalue weighted by molar-refractivity contribution is 0.673. The average molecular weight is 814 g/mol. The second-order valence-corrected chi connectivity index (χ2v) is 16.7. The molecule has 0 radical (unpaired) electrons. The Kier molecular flexibility index (Phi) is 8.25. The fraction of sp³-hybridized carbons (Fsp3) is 0. The zero-order chi connectivity index (χ0) is 42.1. The minimum Gasteiger partial charge on any atom is -0.455 e. The van der Waals surface area contributed by atoms with Gasteiger partial charge in [-0.15, -0.1) is 0 Å². The first-order valence-corrected chi connectivity index (χ1v) is 22.0. The molecule has 0 fully saturated rings. The average Bonchev–Trinajstić information content (AvgIpc) is 3.76. The first-order chi connectivity index (χ1) is 31.8. The van der Waals surface area contributed by atoms with Gasteiger partial charge in [-0.2, -0.15) is 0 Å². The second kappa shape index (κ2) is 14.6. The van der Waals surface area contributed by atoms with Crippen LogP contribution in [0.15, 0.2) is 241 Å². The second-order valence-electron chi connectivity index (χ2n) is 16.7. The molecule has 298 valence electrons. The Labute approximate surface area is 370 Å². The summed E-state index contributed by atoms with van der Waals surface area (Å²) in [7, 11) is 0. The van der Waals surface area contributed by atoms with Crippen molar-refractivity contribution in [3.05, 3.63) is 237 Å². The predicted octanol–water partition coefficient (Wildman–Crippen LogP) is 17.8. The summed E-state index contributed by atoms with van der Waals surface area (Å²) in [6, 6.07) is 86.1. The van der Waals surface area contributed by atoms with Crippen molar-refractivity contribution in [2.45, 2.75) is 0 Å². The van der Waals surface area contributed by atoms with Crippen molar-refractivity contribution in [3.8, 4) is 33.4 Å². The Balaban J connectivity index is 1.04. The number of para-hydroxylation sites is 2. The molecule has 0 N–H and O–H groups in total. The van der Waals surface area contributed by atoms with E-state index in [0.717, 1.165) is 61.1 Å². The van der Waals surface area contributed by atoms with Crippen molar-refractivity contribution in [2.75, 3.05) is 4.90 Å². The van der Waals surface area contributed by atoms with Gasteiger partial charge in [0.1, 0.15) is 11.2 Å². The van der Waals surface area contributed by atoms with Crippen LogP contribution in [0.25, 0.3) is 109 Å². The summed E-state index contributed by atoms with van der Waals surface area (Å²) in [6.07, 6.45) is 0. The van der Waals surface area contributed by atoms with E-state index in [9.17, 15) is 0 Å². The Bertz CT molecular complexity index is 3970. The van der Waals surface area contributed by atoms with Crippen LogP contribution in [0.4, 0.5) is 17.1 Å². The van der Waals surface area contributed by atoms with Gasteiger partial charge in [-0.1, -0.05) is 200 Å². The maximum atomic E-state index is 6.74. The molecule has 1 heterocycles. The van der Waals surface area contributed by atoms with Crippen LogP contribution in [-0.4, -0.2) is 0 Å². The normalized spacial score (nSPS) is 11.8. The van der Waals surface area contributed by atoms with E-state index in [0.29, 0.717) is 0 Å². The van der Waals surface area contributed by atoms with Crippen LogP contribution in [0, 0.1) is 0 Å². The van der Waals surface area contributed by atoms with Crippen molar-refractivity contribution in [1.29, 1.82) is 0 Å². The minimum absolute atomic E-state index is 0.876. The van der Waals surface area contributed by atoms with Crippen molar-refractivity contribution < 1.29 is 4.42 Å². The Hall–Kier alpha value is -8.46. The number of nitrogens with zero attached hydrogens (tertiary/aromatic N) is 1. The van der Waals surface area contributed by atoms with E-state index in [1.807, 2.05) is 0 Å². The molecule has 13 rings (SSSR count). The van der Waals surface area contributed by atoms with Gasteiger partial charge in [-0.3, -0.25) is 0 Å². The molecule has 0 saturated heterocycles. The van der Waals surface area contributed by atoms with E-state index in [1.54, 1.807) is 0 Å². The molecular weight excluding hydrogens is 775 g/mol. The lowest BCUT2D eigenvalue weighted by Crippen LogP contribution is -2.12. The summed E-state index contributed by atoms with van der Waals surface area (Å²) in [6.45, 7) is 0. The maximum absolute atomic E-state index is 6.74. The number of hydrogen-bond acceptors (Lipinski definition) is 2. The van der Waals surface area contributed by atoms with Gasteiger partial charge in [0.05, 0.1) is 11.4 Å². The number of benzene rings is 12.